The third-order valence-corrected chi connectivity index (χ3v) is 3.56. The van der Waals surface area contributed by atoms with Crippen LogP contribution in [0.2, 0.25) is 0 Å². The summed E-state index contributed by atoms with van der Waals surface area (Å²) in [5.41, 5.74) is 1.18. The van der Waals surface area contributed by atoms with Crippen molar-refractivity contribution in [3.8, 4) is 5.75 Å². The molecule has 1 heterocycles. The molecule has 4 nitrogen and oxygen atoms in total. The number of ether oxygens (including phenoxy) is 1. The predicted octanol–water partition coefficient (Wildman–Crippen LogP) is 1.49. The van der Waals surface area contributed by atoms with E-state index in [1.54, 1.807) is 0 Å². The highest BCUT2D eigenvalue weighted by Crippen LogP contribution is 2.12. The van der Waals surface area contributed by atoms with Crippen LogP contribution in [-0.4, -0.2) is 31.6 Å². The van der Waals surface area contributed by atoms with Crippen LogP contribution in [0.5, 0.6) is 5.75 Å². The maximum Gasteiger partial charge on any atom is 0.258 e. The lowest BCUT2D eigenvalue weighted by molar-refractivity contribution is -0.124. The van der Waals surface area contributed by atoms with E-state index in [1.165, 1.54) is 5.56 Å². The Bertz CT molecular complexity index is 417. The normalized spacial score (nSPS) is 22.8. The molecule has 4 heteroatoms. The molecule has 0 bridgehead atoms. The average molecular weight is 262 g/mol. The summed E-state index contributed by atoms with van der Waals surface area (Å²) in [7, 11) is 0. The fourth-order valence-corrected chi connectivity index (χ4v) is 2.21. The zero-order valence-electron chi connectivity index (χ0n) is 11.6. The number of amides is 1. The second-order valence-corrected chi connectivity index (χ2v) is 5.25. The highest BCUT2D eigenvalue weighted by molar-refractivity contribution is 5.77. The van der Waals surface area contributed by atoms with Crippen molar-refractivity contribution in [1.82, 2.24) is 10.6 Å². The van der Waals surface area contributed by atoms with E-state index in [0.29, 0.717) is 5.92 Å². The van der Waals surface area contributed by atoms with Crippen molar-refractivity contribution >= 4 is 5.91 Å². The molecule has 1 aliphatic rings. The second kappa shape index (κ2) is 6.57. The molecule has 1 amide bonds. The largest absolute Gasteiger partial charge is 0.484 e. The van der Waals surface area contributed by atoms with Gasteiger partial charge in [0.25, 0.3) is 5.91 Å². The van der Waals surface area contributed by atoms with Crippen LogP contribution in [0.3, 0.4) is 0 Å². The molecular weight excluding hydrogens is 240 g/mol. The van der Waals surface area contributed by atoms with Crippen LogP contribution in [0.25, 0.3) is 0 Å². The summed E-state index contributed by atoms with van der Waals surface area (Å²) in [4.78, 5) is 11.8. The van der Waals surface area contributed by atoms with E-state index in [-0.39, 0.29) is 18.6 Å². The summed E-state index contributed by atoms with van der Waals surface area (Å²) in [6, 6.07) is 7.92. The van der Waals surface area contributed by atoms with Gasteiger partial charge >= 0.3 is 0 Å². The maximum absolute atomic E-state index is 11.8. The molecule has 0 aliphatic carbocycles. The Labute approximate surface area is 114 Å². The van der Waals surface area contributed by atoms with Crippen LogP contribution in [-0.2, 0) is 4.79 Å². The predicted molar refractivity (Wildman–Crippen MR) is 75.3 cm³/mol. The van der Waals surface area contributed by atoms with Crippen molar-refractivity contribution in [1.29, 1.82) is 0 Å². The number of benzene rings is 1. The molecule has 1 aromatic carbocycles. The van der Waals surface area contributed by atoms with Gasteiger partial charge in [-0.3, -0.25) is 4.79 Å². The van der Waals surface area contributed by atoms with Crippen LogP contribution in [0, 0.1) is 12.8 Å². The van der Waals surface area contributed by atoms with E-state index >= 15 is 0 Å². The number of carbonyl (C=O) groups is 1. The quantitative estimate of drug-likeness (QED) is 0.864. The molecule has 1 aromatic rings. The molecule has 0 radical (unpaired) electrons. The van der Waals surface area contributed by atoms with Crippen molar-refractivity contribution in [3.63, 3.8) is 0 Å². The van der Waals surface area contributed by atoms with Gasteiger partial charge in [-0.25, -0.2) is 0 Å². The first-order chi connectivity index (χ1) is 9.15. The number of hydrogen-bond donors (Lipinski definition) is 2. The molecule has 0 aromatic heterocycles. The lowest BCUT2D eigenvalue weighted by Crippen LogP contribution is -2.51. The molecule has 0 saturated carbocycles. The molecular formula is C15H22N2O2. The summed E-state index contributed by atoms with van der Waals surface area (Å²) in [5, 5.41) is 6.32. The summed E-state index contributed by atoms with van der Waals surface area (Å²) in [6.45, 7) is 6.15. The minimum absolute atomic E-state index is 0.0545. The van der Waals surface area contributed by atoms with E-state index in [9.17, 15) is 4.79 Å². The van der Waals surface area contributed by atoms with Crippen LogP contribution in [0.15, 0.2) is 24.3 Å². The maximum atomic E-state index is 11.8. The van der Waals surface area contributed by atoms with E-state index in [1.807, 2.05) is 31.2 Å². The minimum atomic E-state index is -0.0545. The lowest BCUT2D eigenvalue weighted by Gasteiger charge is -2.30. The van der Waals surface area contributed by atoms with E-state index < -0.39 is 0 Å². The summed E-state index contributed by atoms with van der Waals surface area (Å²) < 4.78 is 5.47. The van der Waals surface area contributed by atoms with Crippen molar-refractivity contribution in [3.05, 3.63) is 29.8 Å². The first-order valence-electron chi connectivity index (χ1n) is 6.84. The summed E-state index contributed by atoms with van der Waals surface area (Å²) in [5.74, 6) is 1.20. The van der Waals surface area contributed by atoms with Gasteiger partial charge < -0.3 is 15.4 Å². The van der Waals surface area contributed by atoms with Gasteiger partial charge in [0.2, 0.25) is 0 Å². The average Bonchev–Trinajstić information content (AvgIpc) is 2.41. The van der Waals surface area contributed by atoms with Crippen LogP contribution in [0.4, 0.5) is 0 Å². The topological polar surface area (TPSA) is 50.4 Å². The first kappa shape index (κ1) is 13.9. The van der Waals surface area contributed by atoms with Crippen molar-refractivity contribution in [2.75, 3.05) is 19.7 Å². The SMILES string of the molecule is Cc1ccc(OCC(=O)NC2CNCCC2C)cc1. The standard InChI is InChI=1S/C15H22N2O2/c1-11-3-5-13(6-4-11)19-10-15(18)17-14-9-16-8-7-12(14)2/h3-6,12,14,16H,7-10H2,1-2H3,(H,17,18). The number of nitrogens with one attached hydrogen (secondary N) is 2. The highest BCUT2D eigenvalue weighted by Gasteiger charge is 2.22. The molecule has 0 spiro atoms. The number of piperidine rings is 1. The van der Waals surface area contributed by atoms with Gasteiger partial charge in [-0.15, -0.1) is 0 Å². The molecule has 2 N–H and O–H groups in total. The molecule has 19 heavy (non-hydrogen) atoms. The zero-order chi connectivity index (χ0) is 13.7. The van der Waals surface area contributed by atoms with E-state index in [0.717, 1.165) is 25.3 Å². The fourth-order valence-electron chi connectivity index (χ4n) is 2.21. The molecule has 2 unspecified atom stereocenters. The van der Waals surface area contributed by atoms with Gasteiger partial charge in [-0.1, -0.05) is 24.6 Å². The molecule has 2 atom stereocenters. The second-order valence-electron chi connectivity index (χ2n) is 5.25. The van der Waals surface area contributed by atoms with Gasteiger partial charge in [0.1, 0.15) is 5.75 Å². The van der Waals surface area contributed by atoms with Crippen molar-refractivity contribution in [2.24, 2.45) is 5.92 Å². The summed E-state index contributed by atoms with van der Waals surface area (Å²) >= 11 is 0. The van der Waals surface area contributed by atoms with Gasteiger partial charge in [0.05, 0.1) is 0 Å². The Morgan fingerprint density at radius 1 is 1.42 bits per heavy atom. The fraction of sp³-hybridized carbons (Fsp3) is 0.533. The van der Waals surface area contributed by atoms with Gasteiger partial charge in [0, 0.05) is 12.6 Å². The van der Waals surface area contributed by atoms with Crippen molar-refractivity contribution in [2.45, 2.75) is 26.3 Å². The monoisotopic (exact) mass is 262 g/mol. The Kier molecular flexibility index (Phi) is 4.80. The van der Waals surface area contributed by atoms with Crippen molar-refractivity contribution < 1.29 is 9.53 Å². The van der Waals surface area contributed by atoms with Gasteiger partial charge in [-0.2, -0.15) is 0 Å². The number of carbonyl (C=O) groups excluding carboxylic acids is 1. The van der Waals surface area contributed by atoms with Crippen LogP contribution >= 0.6 is 0 Å². The van der Waals surface area contributed by atoms with E-state index in [4.69, 9.17) is 4.74 Å². The Hall–Kier alpha value is -1.55. The number of rotatable bonds is 4. The van der Waals surface area contributed by atoms with Crippen LogP contribution < -0.4 is 15.4 Å². The molecule has 2 rings (SSSR count). The third-order valence-electron chi connectivity index (χ3n) is 3.56. The molecule has 104 valence electrons. The minimum Gasteiger partial charge on any atom is -0.484 e. The van der Waals surface area contributed by atoms with Crippen LogP contribution in [0.1, 0.15) is 18.9 Å². The molecule has 1 aliphatic heterocycles. The Balaban J connectivity index is 1.76. The smallest absolute Gasteiger partial charge is 0.258 e. The third kappa shape index (κ3) is 4.24. The Morgan fingerprint density at radius 2 is 2.16 bits per heavy atom. The zero-order valence-corrected chi connectivity index (χ0v) is 11.6. The number of aryl methyl sites for hydroxylation is 1. The van der Waals surface area contributed by atoms with Gasteiger partial charge in [-0.05, 0) is 37.9 Å². The first-order valence-corrected chi connectivity index (χ1v) is 6.84. The summed E-state index contributed by atoms with van der Waals surface area (Å²) in [6.07, 6.45) is 1.10. The molecule has 1 fully saturated rings. The number of hydrogen-bond acceptors (Lipinski definition) is 3. The highest BCUT2D eigenvalue weighted by atomic mass is 16.5. The Morgan fingerprint density at radius 3 is 2.84 bits per heavy atom. The molecule has 1 saturated heterocycles. The van der Waals surface area contributed by atoms with Gasteiger partial charge in [0.15, 0.2) is 6.61 Å². The lowest BCUT2D eigenvalue weighted by atomic mass is 9.95. The van der Waals surface area contributed by atoms with E-state index in [2.05, 4.69) is 17.6 Å².